The highest BCUT2D eigenvalue weighted by atomic mass is 16.5. The number of carboxylic acid groups (broad SMARTS) is 2. The summed E-state index contributed by atoms with van der Waals surface area (Å²) in [6, 6.07) is 16.8. The number of ether oxygens (including phenoxy) is 1. The Bertz CT molecular complexity index is 1020. The van der Waals surface area contributed by atoms with Crippen LogP contribution in [0.2, 0.25) is 0 Å². The SMILES string of the molecule is CCCCOc1ccc2c(c1)CC(C)(C)N=C2C=Cc1ccccc1.O=C(O)C=CC(=O)O. The van der Waals surface area contributed by atoms with Gasteiger partial charge in [0.2, 0.25) is 0 Å². The third-order valence-electron chi connectivity index (χ3n) is 4.77. The number of carboxylic acids is 2. The van der Waals surface area contributed by atoms with Gasteiger partial charge in [0.1, 0.15) is 5.75 Å². The number of aliphatic imine (C=N–C) groups is 1. The molecular weight excluding hydrogens is 418 g/mol. The summed E-state index contributed by atoms with van der Waals surface area (Å²) in [6.45, 7) is 7.35. The van der Waals surface area contributed by atoms with Gasteiger partial charge in [-0.25, -0.2) is 9.59 Å². The summed E-state index contributed by atoms with van der Waals surface area (Å²) in [5.74, 6) is -1.55. The van der Waals surface area contributed by atoms with Crippen LogP contribution in [-0.4, -0.2) is 40.0 Å². The van der Waals surface area contributed by atoms with Crippen LogP contribution in [0, 0.1) is 0 Å². The smallest absolute Gasteiger partial charge is 0.328 e. The maximum Gasteiger partial charge on any atom is 0.328 e. The van der Waals surface area contributed by atoms with Crippen LogP contribution in [0.5, 0.6) is 5.75 Å². The number of benzene rings is 2. The largest absolute Gasteiger partial charge is 0.494 e. The molecular formula is C27H31NO5. The molecule has 1 heterocycles. The molecule has 2 aromatic rings. The zero-order valence-corrected chi connectivity index (χ0v) is 19.3. The molecule has 174 valence electrons. The van der Waals surface area contributed by atoms with Gasteiger partial charge in [-0.1, -0.05) is 49.8 Å². The van der Waals surface area contributed by atoms with Crippen LogP contribution >= 0.6 is 0 Å². The van der Waals surface area contributed by atoms with E-state index in [0.29, 0.717) is 12.2 Å². The van der Waals surface area contributed by atoms with Crippen molar-refractivity contribution in [3.63, 3.8) is 0 Å². The van der Waals surface area contributed by atoms with E-state index in [1.54, 1.807) is 0 Å². The summed E-state index contributed by atoms with van der Waals surface area (Å²) in [7, 11) is 0. The van der Waals surface area contributed by atoms with Crippen molar-refractivity contribution >= 4 is 23.7 Å². The molecule has 0 amide bonds. The van der Waals surface area contributed by atoms with E-state index in [9.17, 15) is 9.59 Å². The highest BCUT2D eigenvalue weighted by Crippen LogP contribution is 2.30. The second-order valence-electron chi connectivity index (χ2n) is 8.26. The predicted molar refractivity (Wildman–Crippen MR) is 131 cm³/mol. The van der Waals surface area contributed by atoms with Crippen LogP contribution in [0.4, 0.5) is 0 Å². The summed E-state index contributed by atoms with van der Waals surface area (Å²) in [4.78, 5) is 24.1. The normalized spacial score (nSPS) is 14.2. The summed E-state index contributed by atoms with van der Waals surface area (Å²) in [5, 5.41) is 15.6. The van der Waals surface area contributed by atoms with Gasteiger partial charge in [0.25, 0.3) is 0 Å². The number of rotatable bonds is 8. The molecule has 0 bridgehead atoms. The molecule has 0 radical (unpaired) electrons. The van der Waals surface area contributed by atoms with Gasteiger partial charge in [0.05, 0.1) is 17.9 Å². The maximum atomic E-state index is 9.55. The molecule has 0 aliphatic carbocycles. The van der Waals surface area contributed by atoms with E-state index >= 15 is 0 Å². The number of hydrogen-bond donors (Lipinski definition) is 2. The molecule has 0 saturated heterocycles. The lowest BCUT2D eigenvalue weighted by Gasteiger charge is -2.28. The maximum absolute atomic E-state index is 9.55. The molecule has 3 rings (SSSR count). The third-order valence-corrected chi connectivity index (χ3v) is 4.77. The topological polar surface area (TPSA) is 96.2 Å². The van der Waals surface area contributed by atoms with Crippen molar-refractivity contribution in [2.24, 2.45) is 4.99 Å². The first-order valence-corrected chi connectivity index (χ1v) is 10.9. The van der Waals surface area contributed by atoms with Crippen LogP contribution < -0.4 is 4.74 Å². The Balaban J connectivity index is 0.000000414. The molecule has 33 heavy (non-hydrogen) atoms. The summed E-state index contributed by atoms with van der Waals surface area (Å²) in [6.07, 6.45) is 8.57. The molecule has 2 N–H and O–H groups in total. The molecule has 0 spiro atoms. The predicted octanol–water partition coefficient (Wildman–Crippen LogP) is 5.41. The fourth-order valence-corrected chi connectivity index (χ4v) is 3.29. The molecule has 0 unspecified atom stereocenters. The minimum absolute atomic E-state index is 0.0919. The van der Waals surface area contributed by atoms with Crippen molar-refractivity contribution < 1.29 is 24.5 Å². The Hall–Kier alpha value is -3.67. The van der Waals surface area contributed by atoms with Crippen LogP contribution in [0.3, 0.4) is 0 Å². The molecule has 0 aromatic heterocycles. The lowest BCUT2D eigenvalue weighted by Crippen LogP contribution is -2.28. The molecule has 0 atom stereocenters. The van der Waals surface area contributed by atoms with Gasteiger partial charge in [-0.2, -0.15) is 0 Å². The van der Waals surface area contributed by atoms with E-state index in [1.165, 1.54) is 16.7 Å². The van der Waals surface area contributed by atoms with E-state index in [-0.39, 0.29) is 5.54 Å². The first-order chi connectivity index (χ1) is 15.7. The molecule has 1 aliphatic heterocycles. The first-order valence-electron chi connectivity index (χ1n) is 10.9. The molecule has 2 aromatic carbocycles. The Morgan fingerprint density at radius 1 is 1.03 bits per heavy atom. The summed E-state index contributed by atoms with van der Waals surface area (Å²) >= 11 is 0. The molecule has 0 saturated carbocycles. The molecule has 6 heteroatoms. The van der Waals surface area contributed by atoms with E-state index in [0.717, 1.165) is 37.3 Å². The van der Waals surface area contributed by atoms with Crippen molar-refractivity contribution in [1.29, 1.82) is 0 Å². The highest BCUT2D eigenvalue weighted by Gasteiger charge is 2.26. The second-order valence-corrected chi connectivity index (χ2v) is 8.26. The lowest BCUT2D eigenvalue weighted by molar-refractivity contribution is -0.134. The van der Waals surface area contributed by atoms with Gasteiger partial charge in [-0.3, -0.25) is 4.99 Å². The van der Waals surface area contributed by atoms with E-state index in [1.807, 2.05) is 6.07 Å². The van der Waals surface area contributed by atoms with Gasteiger partial charge < -0.3 is 14.9 Å². The fourth-order valence-electron chi connectivity index (χ4n) is 3.29. The number of unbranched alkanes of at least 4 members (excludes halogenated alkanes) is 1. The third kappa shape index (κ3) is 9.15. The molecule has 0 fully saturated rings. The van der Waals surface area contributed by atoms with Gasteiger partial charge in [0, 0.05) is 17.7 Å². The number of aliphatic carboxylic acids is 2. The van der Waals surface area contributed by atoms with Crippen molar-refractivity contribution in [3.05, 3.63) is 83.4 Å². The Morgan fingerprint density at radius 3 is 2.30 bits per heavy atom. The van der Waals surface area contributed by atoms with Crippen molar-refractivity contribution in [2.75, 3.05) is 6.61 Å². The molecule has 1 aliphatic rings. The zero-order valence-electron chi connectivity index (χ0n) is 19.3. The second kappa shape index (κ2) is 12.4. The number of carbonyl (C=O) groups is 2. The fraction of sp³-hybridized carbons (Fsp3) is 0.296. The van der Waals surface area contributed by atoms with Gasteiger partial charge >= 0.3 is 11.9 Å². The standard InChI is InChI=1S/C23H27NO.C4H4O4/c1-4-5-15-25-20-12-13-21-19(16-20)17-23(2,3)24-22(21)14-11-18-9-7-6-8-10-18;5-3(6)1-2-4(7)8/h6-14,16H,4-5,15,17H2,1-3H3;1-2H,(H,5,6)(H,7,8). The number of fused-ring (bicyclic) bond motifs is 1. The minimum atomic E-state index is -1.26. The van der Waals surface area contributed by atoms with E-state index in [2.05, 4.69) is 75.4 Å². The Morgan fingerprint density at radius 2 is 1.70 bits per heavy atom. The van der Waals surface area contributed by atoms with Crippen LogP contribution in [0.15, 0.2) is 71.8 Å². The monoisotopic (exact) mass is 449 g/mol. The minimum Gasteiger partial charge on any atom is -0.494 e. The van der Waals surface area contributed by atoms with Gasteiger partial charge in [-0.15, -0.1) is 0 Å². The number of hydrogen-bond acceptors (Lipinski definition) is 4. The summed E-state index contributed by atoms with van der Waals surface area (Å²) in [5.41, 5.74) is 4.69. The first kappa shape index (κ1) is 25.6. The van der Waals surface area contributed by atoms with Gasteiger partial charge in [0.15, 0.2) is 0 Å². The molecule has 6 nitrogen and oxygen atoms in total. The van der Waals surface area contributed by atoms with Crippen molar-refractivity contribution in [2.45, 2.75) is 45.6 Å². The Kier molecular flexibility index (Phi) is 9.61. The quantitative estimate of drug-likeness (QED) is 0.415. The van der Waals surface area contributed by atoms with E-state index in [4.69, 9.17) is 19.9 Å². The van der Waals surface area contributed by atoms with Crippen LogP contribution in [0.1, 0.15) is 50.3 Å². The van der Waals surface area contributed by atoms with Crippen LogP contribution in [-0.2, 0) is 16.0 Å². The van der Waals surface area contributed by atoms with Gasteiger partial charge in [-0.05, 0) is 62.1 Å². The average Bonchev–Trinajstić information content (AvgIpc) is 2.76. The van der Waals surface area contributed by atoms with Crippen molar-refractivity contribution in [3.8, 4) is 5.75 Å². The zero-order chi connectivity index (χ0) is 24.3. The Labute approximate surface area is 195 Å². The summed E-state index contributed by atoms with van der Waals surface area (Å²) < 4.78 is 5.89. The number of nitrogens with zero attached hydrogens (tertiary/aromatic N) is 1. The number of allylic oxidation sites excluding steroid dienone is 1. The van der Waals surface area contributed by atoms with E-state index < -0.39 is 11.9 Å². The van der Waals surface area contributed by atoms with Crippen LogP contribution in [0.25, 0.3) is 6.08 Å². The average molecular weight is 450 g/mol. The van der Waals surface area contributed by atoms with Crippen molar-refractivity contribution in [1.82, 2.24) is 0 Å². The highest BCUT2D eigenvalue weighted by molar-refractivity contribution is 6.12. The lowest BCUT2D eigenvalue weighted by atomic mass is 9.86.